The second-order valence-corrected chi connectivity index (χ2v) is 12.6. The fourth-order valence-corrected chi connectivity index (χ4v) is 6.13. The molecular weight excluding hydrogens is 480 g/mol. The van der Waals surface area contributed by atoms with Crippen LogP contribution in [0.1, 0.15) is 27.7 Å². The first kappa shape index (κ1) is 27.8. The van der Waals surface area contributed by atoms with Gasteiger partial charge in [-0.2, -0.15) is 0 Å². The molecule has 2 nitrogen and oxygen atoms in total. The molecule has 0 radical (unpaired) electrons. The Hall–Kier alpha value is -2.82. The van der Waals surface area contributed by atoms with E-state index in [1.165, 1.54) is 22.3 Å². The molecule has 0 aliphatic carbocycles. The lowest BCUT2D eigenvalue weighted by Gasteiger charge is -2.06. The van der Waals surface area contributed by atoms with Gasteiger partial charge in [-0.1, -0.05) is 113 Å². The molecule has 4 heteroatoms. The first-order chi connectivity index (χ1) is 17.3. The third-order valence-electron chi connectivity index (χ3n) is 5.42. The van der Waals surface area contributed by atoms with Crippen LogP contribution in [0.3, 0.4) is 0 Å². The average Bonchev–Trinajstić information content (AvgIpc) is 2.89. The number of rotatable bonds is 8. The molecule has 0 aliphatic rings. The maximum atomic E-state index is 12.0. The number of hydrogen-bond acceptors (Lipinski definition) is 2. The Labute approximate surface area is 221 Å². The molecule has 0 aromatic heterocycles. The third-order valence-corrected chi connectivity index (χ3v) is 8.95. The summed E-state index contributed by atoms with van der Waals surface area (Å²) < 4.78 is 24.0. The predicted molar refractivity (Wildman–Crippen MR) is 156 cm³/mol. The Morgan fingerprint density at radius 1 is 0.444 bits per heavy atom. The van der Waals surface area contributed by atoms with E-state index >= 15 is 0 Å². The van der Waals surface area contributed by atoms with Gasteiger partial charge in [0.1, 0.15) is 0 Å². The molecule has 0 amide bonds. The largest absolute Gasteiger partial charge is 0.254 e. The van der Waals surface area contributed by atoms with Crippen molar-refractivity contribution in [3.05, 3.63) is 109 Å². The molecule has 36 heavy (non-hydrogen) atoms. The predicted octanol–water partition coefficient (Wildman–Crippen LogP) is 8.23. The van der Waals surface area contributed by atoms with Crippen molar-refractivity contribution < 1.29 is 8.42 Å². The van der Waals surface area contributed by atoms with Crippen molar-refractivity contribution in [3.63, 3.8) is 0 Å². The molecule has 0 heterocycles. The zero-order valence-electron chi connectivity index (χ0n) is 21.6. The van der Waals surface area contributed by atoms with E-state index in [0.29, 0.717) is 11.8 Å². The molecule has 0 N–H and O–H groups in total. The molecule has 0 bridgehead atoms. The van der Waals surface area contributed by atoms with Crippen molar-refractivity contribution in [3.8, 4) is 22.3 Å². The van der Waals surface area contributed by atoms with Crippen LogP contribution in [0.15, 0.2) is 119 Å². The summed E-state index contributed by atoms with van der Waals surface area (Å²) in [5, 5.41) is 0. The van der Waals surface area contributed by atoms with Gasteiger partial charge in [0.05, 0.1) is 21.6 Å². The van der Waals surface area contributed by atoms with Crippen molar-refractivity contribution in [2.75, 3.05) is 11.5 Å². The van der Waals surface area contributed by atoms with Crippen LogP contribution in [0, 0.1) is 11.8 Å². The number of hydrogen-bond donors (Lipinski definition) is 0. The summed E-state index contributed by atoms with van der Waals surface area (Å²) in [4.78, 5) is 1.84. The maximum Gasteiger partial charge on any atom is 0.0532 e. The monoisotopic (exact) mass is 516 g/mol. The molecule has 4 rings (SSSR count). The normalized spacial score (nSPS) is 12.6. The van der Waals surface area contributed by atoms with Gasteiger partial charge >= 0.3 is 0 Å². The third kappa shape index (κ3) is 8.69. The van der Waals surface area contributed by atoms with Crippen LogP contribution in [-0.4, -0.2) is 19.9 Å². The van der Waals surface area contributed by atoms with Crippen molar-refractivity contribution in [2.24, 2.45) is 11.8 Å². The maximum absolute atomic E-state index is 12.0. The standard InChI is InChI=1S/2C16H18OS/c2*1-13(2)12-18(17)16-10-8-15(9-11-16)14-6-4-3-5-7-14/h2*3-11,13H,12H2,1-2H3/t2*18-/m00/s1. The topological polar surface area (TPSA) is 34.1 Å². The summed E-state index contributed by atoms with van der Waals surface area (Å²) in [7, 11) is -1.76. The van der Waals surface area contributed by atoms with E-state index in [2.05, 4.69) is 52.0 Å². The first-order valence-electron chi connectivity index (χ1n) is 12.4. The molecule has 188 valence electrons. The van der Waals surface area contributed by atoms with Crippen LogP contribution < -0.4 is 0 Å². The average molecular weight is 517 g/mol. The zero-order valence-corrected chi connectivity index (χ0v) is 23.2. The summed E-state index contributed by atoms with van der Waals surface area (Å²) in [5.74, 6) is 2.37. The van der Waals surface area contributed by atoms with Crippen LogP contribution in [-0.2, 0) is 21.6 Å². The molecule has 0 spiro atoms. The van der Waals surface area contributed by atoms with Gasteiger partial charge in [-0.05, 0) is 58.4 Å². The van der Waals surface area contributed by atoms with E-state index < -0.39 is 21.6 Å². The molecule has 0 saturated heterocycles. The molecule has 0 fully saturated rings. The lowest BCUT2D eigenvalue weighted by molar-refractivity contribution is 0.664. The lowest BCUT2D eigenvalue weighted by Crippen LogP contribution is -2.04. The first-order valence-corrected chi connectivity index (χ1v) is 15.0. The molecule has 2 atom stereocenters. The zero-order chi connectivity index (χ0) is 25.9. The van der Waals surface area contributed by atoms with E-state index in [1.54, 1.807) is 0 Å². The van der Waals surface area contributed by atoms with Gasteiger partial charge < -0.3 is 0 Å². The summed E-state index contributed by atoms with van der Waals surface area (Å²) in [5.41, 5.74) is 4.72. The molecular formula is C32H36O2S2. The summed E-state index contributed by atoms with van der Waals surface area (Å²) in [6.45, 7) is 8.37. The Balaban J connectivity index is 0.000000201. The second-order valence-electron chi connectivity index (χ2n) is 9.59. The van der Waals surface area contributed by atoms with Crippen LogP contribution >= 0.6 is 0 Å². The Kier molecular flexibility index (Phi) is 10.8. The Bertz CT molecular complexity index is 1130. The van der Waals surface area contributed by atoms with Crippen LogP contribution in [0.2, 0.25) is 0 Å². The van der Waals surface area contributed by atoms with Crippen molar-refractivity contribution in [1.29, 1.82) is 0 Å². The molecule has 4 aromatic carbocycles. The minimum atomic E-state index is -0.878. The molecule has 0 unspecified atom stereocenters. The Morgan fingerprint density at radius 2 is 0.722 bits per heavy atom. The lowest BCUT2D eigenvalue weighted by atomic mass is 10.1. The van der Waals surface area contributed by atoms with Crippen LogP contribution in [0.25, 0.3) is 22.3 Å². The number of benzene rings is 4. The smallest absolute Gasteiger partial charge is 0.0532 e. The summed E-state index contributed by atoms with van der Waals surface area (Å²) in [6, 6.07) is 36.5. The van der Waals surface area contributed by atoms with Crippen molar-refractivity contribution >= 4 is 21.6 Å². The SMILES string of the molecule is CC(C)C[S@](=O)c1ccc(-c2ccccc2)cc1.CC(C)C[S@](=O)c1ccc(-c2ccccc2)cc1. The highest BCUT2D eigenvalue weighted by Gasteiger charge is 2.07. The van der Waals surface area contributed by atoms with Crippen molar-refractivity contribution in [1.82, 2.24) is 0 Å². The van der Waals surface area contributed by atoms with E-state index in [1.807, 2.05) is 84.9 Å². The van der Waals surface area contributed by atoms with Crippen LogP contribution in [0.5, 0.6) is 0 Å². The van der Waals surface area contributed by atoms with Gasteiger partial charge in [-0.3, -0.25) is 8.42 Å². The van der Waals surface area contributed by atoms with Gasteiger partial charge in [0.25, 0.3) is 0 Å². The highest BCUT2D eigenvalue weighted by atomic mass is 32.2. The molecule has 0 saturated carbocycles. The highest BCUT2D eigenvalue weighted by molar-refractivity contribution is 7.85. The van der Waals surface area contributed by atoms with Gasteiger partial charge in [-0.25, -0.2) is 0 Å². The summed E-state index contributed by atoms with van der Waals surface area (Å²) in [6.07, 6.45) is 0. The van der Waals surface area contributed by atoms with E-state index in [9.17, 15) is 8.42 Å². The highest BCUT2D eigenvalue weighted by Crippen LogP contribution is 2.22. The van der Waals surface area contributed by atoms with Crippen molar-refractivity contribution in [2.45, 2.75) is 37.5 Å². The minimum absolute atomic E-state index is 0.458. The fraction of sp³-hybridized carbons (Fsp3) is 0.250. The van der Waals surface area contributed by atoms with E-state index in [4.69, 9.17) is 0 Å². The van der Waals surface area contributed by atoms with Gasteiger partial charge in [0.15, 0.2) is 0 Å². The quantitative estimate of drug-likeness (QED) is 0.236. The molecule has 0 aliphatic heterocycles. The second kappa shape index (κ2) is 14.1. The summed E-state index contributed by atoms with van der Waals surface area (Å²) >= 11 is 0. The van der Waals surface area contributed by atoms with E-state index in [-0.39, 0.29) is 0 Å². The van der Waals surface area contributed by atoms with Gasteiger partial charge in [0.2, 0.25) is 0 Å². The Morgan fingerprint density at radius 3 is 1.00 bits per heavy atom. The van der Waals surface area contributed by atoms with Gasteiger partial charge in [-0.15, -0.1) is 0 Å². The minimum Gasteiger partial charge on any atom is -0.254 e. The fourth-order valence-electron chi connectivity index (χ4n) is 3.66. The van der Waals surface area contributed by atoms with Crippen LogP contribution in [0.4, 0.5) is 0 Å². The van der Waals surface area contributed by atoms with Gasteiger partial charge in [0, 0.05) is 21.3 Å². The molecule has 4 aromatic rings. The van der Waals surface area contributed by atoms with E-state index in [0.717, 1.165) is 21.3 Å².